The van der Waals surface area contributed by atoms with Gasteiger partial charge in [0.1, 0.15) is 5.69 Å². The summed E-state index contributed by atoms with van der Waals surface area (Å²) in [6, 6.07) is 5.45. The maximum atomic E-state index is 12.7. The van der Waals surface area contributed by atoms with E-state index in [2.05, 4.69) is 15.4 Å². The van der Waals surface area contributed by atoms with Gasteiger partial charge in [0.05, 0.1) is 23.4 Å². The Morgan fingerprint density at radius 2 is 2.20 bits per heavy atom. The second-order valence-corrected chi connectivity index (χ2v) is 7.12. The van der Waals surface area contributed by atoms with Crippen LogP contribution >= 0.6 is 0 Å². The van der Waals surface area contributed by atoms with Crippen molar-refractivity contribution in [2.45, 2.75) is 39.3 Å². The Morgan fingerprint density at radius 3 is 2.80 bits per heavy atom. The van der Waals surface area contributed by atoms with Crippen LogP contribution in [0, 0.1) is 0 Å². The van der Waals surface area contributed by atoms with Crippen molar-refractivity contribution in [3.8, 4) is 11.5 Å². The predicted octanol–water partition coefficient (Wildman–Crippen LogP) is 2.74. The number of carbonyl (C=O) groups excluding carboxylic acids is 1. The Labute approximate surface area is 146 Å². The fourth-order valence-corrected chi connectivity index (χ4v) is 2.54. The lowest BCUT2D eigenvalue weighted by Crippen LogP contribution is -2.45. The molecule has 0 aliphatic carbocycles. The lowest BCUT2D eigenvalue weighted by molar-refractivity contribution is 0.0947. The van der Waals surface area contributed by atoms with Gasteiger partial charge in [0, 0.05) is 18.1 Å². The van der Waals surface area contributed by atoms with E-state index in [-0.39, 0.29) is 11.9 Å². The van der Waals surface area contributed by atoms with E-state index in [1.54, 1.807) is 29.3 Å². The van der Waals surface area contributed by atoms with Gasteiger partial charge in [-0.1, -0.05) is 0 Å². The molecule has 0 saturated carbocycles. The number of nitrogens with two attached hydrogens (primary N) is 1. The van der Waals surface area contributed by atoms with Crippen molar-refractivity contribution in [1.82, 2.24) is 20.1 Å². The monoisotopic (exact) mass is 341 g/mol. The van der Waals surface area contributed by atoms with Crippen LogP contribution in [0.2, 0.25) is 0 Å². The van der Waals surface area contributed by atoms with Crippen LogP contribution in [0.1, 0.15) is 44.1 Å². The van der Waals surface area contributed by atoms with Crippen molar-refractivity contribution < 1.29 is 9.21 Å². The van der Waals surface area contributed by atoms with Gasteiger partial charge in [-0.15, -0.1) is 0 Å². The van der Waals surface area contributed by atoms with Gasteiger partial charge in [-0.05, 0) is 45.9 Å². The average molecular weight is 341 g/mol. The lowest BCUT2D eigenvalue weighted by atomic mass is 10.1. The highest BCUT2D eigenvalue weighted by Gasteiger charge is 2.20. The quantitative estimate of drug-likeness (QED) is 0.743. The summed E-state index contributed by atoms with van der Waals surface area (Å²) in [4.78, 5) is 17.4. The second-order valence-electron chi connectivity index (χ2n) is 7.12. The molecule has 132 valence electrons. The van der Waals surface area contributed by atoms with Gasteiger partial charge in [-0.25, -0.2) is 9.67 Å². The van der Waals surface area contributed by atoms with Crippen LogP contribution in [0.25, 0.3) is 22.5 Å². The van der Waals surface area contributed by atoms with Crippen LogP contribution in [0.4, 0.5) is 0 Å². The SMILES string of the molecule is CC(C)n1ncc2c(C(=O)NCC(C)(C)N)cc(-c3ccco3)nc21. The van der Waals surface area contributed by atoms with Crippen LogP contribution in [0.3, 0.4) is 0 Å². The minimum atomic E-state index is -0.492. The summed E-state index contributed by atoms with van der Waals surface area (Å²) in [5.74, 6) is 0.397. The van der Waals surface area contributed by atoms with Gasteiger partial charge in [-0.3, -0.25) is 4.79 Å². The molecule has 0 atom stereocenters. The first-order chi connectivity index (χ1) is 11.8. The first-order valence-corrected chi connectivity index (χ1v) is 8.25. The van der Waals surface area contributed by atoms with Crippen LogP contribution in [-0.4, -0.2) is 32.8 Å². The molecule has 0 saturated heterocycles. The molecule has 3 rings (SSSR count). The molecule has 7 heteroatoms. The standard InChI is InChI=1S/C18H23N5O2/c1-11(2)23-16-13(9-21-23)12(17(24)20-10-18(3,4)19)8-14(22-16)15-6-5-7-25-15/h5-9,11H,10,19H2,1-4H3,(H,20,24). The van der Waals surface area contributed by atoms with E-state index in [0.29, 0.717) is 34.6 Å². The molecule has 0 spiro atoms. The fraction of sp³-hybridized carbons (Fsp3) is 0.389. The Balaban J connectivity index is 2.11. The molecule has 0 aliphatic rings. The van der Waals surface area contributed by atoms with Gasteiger partial charge in [0.25, 0.3) is 5.91 Å². The van der Waals surface area contributed by atoms with Crippen molar-refractivity contribution in [2.75, 3.05) is 6.54 Å². The minimum Gasteiger partial charge on any atom is -0.463 e. The Kier molecular flexibility index (Phi) is 4.34. The van der Waals surface area contributed by atoms with Crippen LogP contribution in [0.15, 0.2) is 35.1 Å². The van der Waals surface area contributed by atoms with E-state index in [1.807, 2.05) is 33.8 Å². The zero-order valence-electron chi connectivity index (χ0n) is 14.9. The van der Waals surface area contributed by atoms with Crippen LogP contribution in [-0.2, 0) is 0 Å². The summed E-state index contributed by atoms with van der Waals surface area (Å²) in [5.41, 5.74) is 7.23. The Bertz CT molecular complexity index is 888. The number of hydrogen-bond donors (Lipinski definition) is 2. The molecule has 0 aromatic carbocycles. The topological polar surface area (TPSA) is 99.0 Å². The number of carbonyl (C=O) groups is 1. The summed E-state index contributed by atoms with van der Waals surface area (Å²) in [5, 5.41) is 7.98. The maximum Gasteiger partial charge on any atom is 0.252 e. The molecule has 3 aromatic rings. The third-order valence-electron chi connectivity index (χ3n) is 3.78. The second kappa shape index (κ2) is 6.33. The number of fused-ring (bicyclic) bond motifs is 1. The Morgan fingerprint density at radius 1 is 1.44 bits per heavy atom. The van der Waals surface area contributed by atoms with Crippen molar-refractivity contribution in [1.29, 1.82) is 0 Å². The summed E-state index contributed by atoms with van der Waals surface area (Å²) in [6.45, 7) is 8.12. The molecule has 0 fully saturated rings. The molecule has 25 heavy (non-hydrogen) atoms. The number of amides is 1. The highest BCUT2D eigenvalue weighted by molar-refractivity contribution is 6.06. The summed E-state index contributed by atoms with van der Waals surface area (Å²) in [7, 11) is 0. The molecule has 0 unspecified atom stereocenters. The number of hydrogen-bond acceptors (Lipinski definition) is 5. The first kappa shape index (κ1) is 17.2. The van der Waals surface area contributed by atoms with Gasteiger partial charge >= 0.3 is 0 Å². The third kappa shape index (κ3) is 3.56. The van der Waals surface area contributed by atoms with Crippen LogP contribution in [0.5, 0.6) is 0 Å². The van der Waals surface area contributed by atoms with Crippen molar-refractivity contribution in [3.05, 3.63) is 36.2 Å². The smallest absolute Gasteiger partial charge is 0.252 e. The fourth-order valence-electron chi connectivity index (χ4n) is 2.54. The number of nitrogens with zero attached hydrogens (tertiary/aromatic N) is 3. The highest BCUT2D eigenvalue weighted by Crippen LogP contribution is 2.26. The molecule has 0 aliphatic heterocycles. The van der Waals surface area contributed by atoms with E-state index in [9.17, 15) is 4.79 Å². The van der Waals surface area contributed by atoms with E-state index >= 15 is 0 Å². The molecule has 7 nitrogen and oxygen atoms in total. The summed E-state index contributed by atoms with van der Waals surface area (Å²) < 4.78 is 7.25. The van der Waals surface area contributed by atoms with Gasteiger partial charge < -0.3 is 15.5 Å². The summed E-state index contributed by atoms with van der Waals surface area (Å²) in [6.07, 6.45) is 3.26. The molecular formula is C18H23N5O2. The molecule has 3 aromatic heterocycles. The normalized spacial score (nSPS) is 12.1. The van der Waals surface area contributed by atoms with Crippen molar-refractivity contribution >= 4 is 16.9 Å². The molecular weight excluding hydrogens is 318 g/mol. The largest absolute Gasteiger partial charge is 0.463 e. The minimum absolute atomic E-state index is 0.121. The number of nitrogens with one attached hydrogen (secondary N) is 1. The molecule has 1 amide bonds. The summed E-state index contributed by atoms with van der Waals surface area (Å²) >= 11 is 0. The number of aromatic nitrogens is 3. The molecule has 3 heterocycles. The van der Waals surface area contributed by atoms with Crippen molar-refractivity contribution in [2.24, 2.45) is 5.73 Å². The van der Waals surface area contributed by atoms with Gasteiger partial charge in [0.15, 0.2) is 11.4 Å². The van der Waals surface area contributed by atoms with E-state index in [1.165, 1.54) is 0 Å². The lowest BCUT2D eigenvalue weighted by Gasteiger charge is -2.19. The number of rotatable bonds is 5. The van der Waals surface area contributed by atoms with Crippen molar-refractivity contribution in [3.63, 3.8) is 0 Å². The van der Waals surface area contributed by atoms with E-state index in [0.717, 1.165) is 0 Å². The highest BCUT2D eigenvalue weighted by atomic mass is 16.3. The zero-order valence-corrected chi connectivity index (χ0v) is 14.9. The zero-order chi connectivity index (χ0) is 18.2. The number of pyridine rings is 1. The van der Waals surface area contributed by atoms with Gasteiger partial charge in [0.2, 0.25) is 0 Å². The van der Waals surface area contributed by atoms with Crippen LogP contribution < -0.4 is 11.1 Å². The molecule has 3 N–H and O–H groups in total. The Hall–Kier alpha value is -2.67. The first-order valence-electron chi connectivity index (χ1n) is 8.25. The van der Waals surface area contributed by atoms with Gasteiger partial charge in [-0.2, -0.15) is 5.10 Å². The molecule has 0 bridgehead atoms. The maximum absolute atomic E-state index is 12.7. The van der Waals surface area contributed by atoms with E-state index in [4.69, 9.17) is 10.2 Å². The predicted molar refractivity (Wildman–Crippen MR) is 96.2 cm³/mol. The molecule has 0 radical (unpaired) electrons. The number of furan rings is 1. The van der Waals surface area contributed by atoms with E-state index < -0.39 is 5.54 Å². The average Bonchev–Trinajstić information content (AvgIpc) is 3.19. The third-order valence-corrected chi connectivity index (χ3v) is 3.78.